The van der Waals surface area contributed by atoms with E-state index in [-0.39, 0.29) is 11.8 Å². The summed E-state index contributed by atoms with van der Waals surface area (Å²) in [5.41, 5.74) is -0.0622. The van der Waals surface area contributed by atoms with Crippen LogP contribution in [0.3, 0.4) is 0 Å². The van der Waals surface area contributed by atoms with Gasteiger partial charge in [-0.1, -0.05) is 74.8 Å². The van der Waals surface area contributed by atoms with Gasteiger partial charge >= 0.3 is 11.9 Å². The van der Waals surface area contributed by atoms with Gasteiger partial charge in [0, 0.05) is 29.2 Å². The fourth-order valence-corrected chi connectivity index (χ4v) is 5.53. The van der Waals surface area contributed by atoms with Gasteiger partial charge in [0.15, 0.2) is 0 Å². The number of hydrogen-bond donors (Lipinski definition) is 2. The molecule has 2 aliphatic rings. The van der Waals surface area contributed by atoms with E-state index in [9.17, 15) is 19.5 Å². The summed E-state index contributed by atoms with van der Waals surface area (Å²) in [6.45, 7) is 6.82. The Morgan fingerprint density at radius 3 is 2.60 bits per heavy atom. The molecule has 1 fully saturated rings. The molecule has 210 valence electrons. The fourth-order valence-electron chi connectivity index (χ4n) is 5.35. The summed E-state index contributed by atoms with van der Waals surface area (Å²) >= 11 is 6.47. The molecule has 2 aliphatic heterocycles. The van der Waals surface area contributed by atoms with Crippen LogP contribution >= 0.6 is 11.6 Å². The number of benzene rings is 3. The number of carbonyl (C=O) groups is 3. The highest BCUT2D eigenvalue weighted by atomic mass is 35.5. The average Bonchev–Trinajstić information content (AvgIpc) is 3.33. The van der Waals surface area contributed by atoms with Crippen molar-refractivity contribution < 1.29 is 29.0 Å². The van der Waals surface area contributed by atoms with Crippen molar-refractivity contribution in [3.05, 3.63) is 76.8 Å². The Bertz CT molecular complexity index is 1450. The molecule has 0 radical (unpaired) electrons. The number of amides is 1. The minimum Gasteiger partial charge on any atom is -0.390 e. The highest BCUT2D eigenvalue weighted by Crippen LogP contribution is 2.42. The molecule has 40 heavy (non-hydrogen) atoms. The molecule has 0 aliphatic carbocycles. The van der Waals surface area contributed by atoms with E-state index in [4.69, 9.17) is 21.1 Å². The first-order chi connectivity index (χ1) is 18.9. The monoisotopic (exact) mass is 564 g/mol. The van der Waals surface area contributed by atoms with Crippen LogP contribution in [-0.4, -0.2) is 47.9 Å². The Balaban J connectivity index is 1.57. The Kier molecular flexibility index (Phi) is 7.72. The van der Waals surface area contributed by atoms with E-state index < -0.39 is 42.2 Å². The van der Waals surface area contributed by atoms with Crippen molar-refractivity contribution in [3.8, 4) is 0 Å². The molecule has 9 heteroatoms. The summed E-state index contributed by atoms with van der Waals surface area (Å²) in [5.74, 6) is -2.46. The van der Waals surface area contributed by atoms with Gasteiger partial charge in [-0.25, -0.2) is 4.79 Å². The number of anilines is 1. The maximum atomic E-state index is 14.1. The van der Waals surface area contributed by atoms with E-state index in [0.29, 0.717) is 35.8 Å². The van der Waals surface area contributed by atoms with Gasteiger partial charge in [0.1, 0.15) is 12.2 Å². The van der Waals surface area contributed by atoms with Crippen molar-refractivity contribution in [3.63, 3.8) is 0 Å². The zero-order valence-electron chi connectivity index (χ0n) is 22.8. The first-order valence-electron chi connectivity index (χ1n) is 13.4. The highest BCUT2D eigenvalue weighted by molar-refractivity contribution is 6.30. The molecule has 0 bridgehead atoms. The molecule has 0 aromatic heterocycles. The number of ether oxygens (including phenoxy) is 2. The molecule has 1 saturated heterocycles. The van der Waals surface area contributed by atoms with Gasteiger partial charge in [-0.05, 0) is 52.9 Å². The zero-order valence-corrected chi connectivity index (χ0v) is 23.5. The molecule has 5 rings (SSSR count). The van der Waals surface area contributed by atoms with E-state index in [2.05, 4.69) is 5.32 Å². The number of nitrogens with zero attached hydrogens (tertiary/aromatic N) is 1. The van der Waals surface area contributed by atoms with Gasteiger partial charge < -0.3 is 19.5 Å². The SMILES string of the molecule is CC(C)(C)CN1C(=O)C(CC(=O)OC(=O)[C@@]2(O)CCCN2)OC(c2cccc3ccccc23)c2cc(Cl)ccc21. The Hall–Kier alpha value is -3.30. The van der Waals surface area contributed by atoms with Gasteiger partial charge in [0.05, 0.1) is 6.42 Å². The number of rotatable bonds is 5. The Morgan fingerprint density at radius 1 is 1.12 bits per heavy atom. The molecule has 0 spiro atoms. The maximum Gasteiger partial charge on any atom is 0.361 e. The first-order valence-corrected chi connectivity index (χ1v) is 13.8. The molecular formula is C31H33ClN2O6. The van der Waals surface area contributed by atoms with Crippen molar-refractivity contribution in [1.82, 2.24) is 5.32 Å². The lowest BCUT2D eigenvalue weighted by atomic mass is 9.93. The predicted octanol–water partition coefficient (Wildman–Crippen LogP) is 4.89. The Labute approximate surface area is 238 Å². The van der Waals surface area contributed by atoms with Crippen LogP contribution < -0.4 is 10.2 Å². The number of fused-ring (bicyclic) bond motifs is 2. The molecule has 8 nitrogen and oxygen atoms in total. The van der Waals surface area contributed by atoms with Gasteiger partial charge in [0.2, 0.25) is 5.72 Å². The second-order valence-electron chi connectivity index (χ2n) is 11.6. The van der Waals surface area contributed by atoms with Crippen LogP contribution in [0.25, 0.3) is 10.8 Å². The van der Waals surface area contributed by atoms with Gasteiger partial charge in [-0.15, -0.1) is 0 Å². The van der Waals surface area contributed by atoms with Crippen LogP contribution in [0, 0.1) is 5.41 Å². The lowest BCUT2D eigenvalue weighted by Gasteiger charge is -2.31. The minimum atomic E-state index is -1.92. The second kappa shape index (κ2) is 10.9. The van der Waals surface area contributed by atoms with E-state index in [1.807, 2.05) is 63.2 Å². The smallest absolute Gasteiger partial charge is 0.361 e. The van der Waals surface area contributed by atoms with Crippen LogP contribution in [-0.2, 0) is 23.9 Å². The normalized spacial score (nSPS) is 23.1. The van der Waals surface area contributed by atoms with Crippen LogP contribution in [0.5, 0.6) is 0 Å². The molecule has 2 N–H and O–H groups in total. The van der Waals surface area contributed by atoms with E-state index in [0.717, 1.165) is 16.3 Å². The summed E-state index contributed by atoms with van der Waals surface area (Å²) in [4.78, 5) is 41.3. The number of hydrogen-bond acceptors (Lipinski definition) is 7. The quantitative estimate of drug-likeness (QED) is 0.336. The summed E-state index contributed by atoms with van der Waals surface area (Å²) in [6, 6.07) is 19.0. The summed E-state index contributed by atoms with van der Waals surface area (Å²) in [7, 11) is 0. The summed E-state index contributed by atoms with van der Waals surface area (Å²) < 4.78 is 11.5. The third kappa shape index (κ3) is 5.76. The van der Waals surface area contributed by atoms with Crippen molar-refractivity contribution in [1.29, 1.82) is 0 Å². The highest BCUT2D eigenvalue weighted by Gasteiger charge is 2.43. The Morgan fingerprint density at radius 2 is 1.88 bits per heavy atom. The van der Waals surface area contributed by atoms with E-state index in [1.54, 1.807) is 23.1 Å². The largest absolute Gasteiger partial charge is 0.390 e. The molecule has 0 saturated carbocycles. The van der Waals surface area contributed by atoms with Crippen LogP contribution in [0.15, 0.2) is 60.7 Å². The third-order valence-electron chi connectivity index (χ3n) is 7.17. The topological polar surface area (TPSA) is 105 Å². The maximum absolute atomic E-state index is 14.1. The molecular weight excluding hydrogens is 532 g/mol. The third-order valence-corrected chi connectivity index (χ3v) is 7.41. The average molecular weight is 565 g/mol. The van der Waals surface area contributed by atoms with Gasteiger partial charge in [-0.3, -0.25) is 14.9 Å². The number of esters is 2. The van der Waals surface area contributed by atoms with Crippen LogP contribution in [0.2, 0.25) is 5.02 Å². The lowest BCUT2D eigenvalue weighted by Crippen LogP contribution is -2.49. The van der Waals surface area contributed by atoms with Gasteiger partial charge in [0.25, 0.3) is 5.91 Å². The molecule has 2 unspecified atom stereocenters. The number of aliphatic hydroxyl groups is 1. The van der Waals surface area contributed by atoms with E-state index in [1.165, 1.54) is 0 Å². The predicted molar refractivity (Wildman–Crippen MR) is 152 cm³/mol. The van der Waals surface area contributed by atoms with Crippen molar-refractivity contribution in [2.75, 3.05) is 18.0 Å². The van der Waals surface area contributed by atoms with Crippen molar-refractivity contribution >= 4 is 45.9 Å². The number of carbonyl (C=O) groups excluding carboxylic acids is 3. The molecule has 3 atom stereocenters. The molecule has 1 amide bonds. The number of nitrogens with one attached hydrogen (secondary N) is 1. The zero-order chi connectivity index (χ0) is 28.7. The fraction of sp³-hybridized carbons (Fsp3) is 0.387. The molecule has 3 aromatic rings. The van der Waals surface area contributed by atoms with Crippen molar-refractivity contribution in [2.45, 2.75) is 58.0 Å². The minimum absolute atomic E-state index is 0.135. The molecule has 3 aromatic carbocycles. The standard InChI is InChI=1S/C31H33ClN2O6/c1-30(2,3)18-34-24-13-12-20(32)16-23(24)27(22-11-6-9-19-8-4-5-10-21(19)22)39-25(28(34)36)17-26(35)40-29(37)31(38)14-7-15-33-31/h4-6,8-13,16,25,27,33,38H,7,14-15,17-18H2,1-3H3/t25?,27?,31-/m0/s1. The van der Waals surface area contributed by atoms with Crippen LogP contribution in [0.1, 0.15) is 57.3 Å². The summed E-state index contributed by atoms with van der Waals surface area (Å²) in [6.07, 6.45) is -1.81. The second-order valence-corrected chi connectivity index (χ2v) is 12.1. The molecule has 2 heterocycles. The van der Waals surface area contributed by atoms with Crippen molar-refractivity contribution in [2.24, 2.45) is 5.41 Å². The first kappa shape index (κ1) is 28.2. The lowest BCUT2D eigenvalue weighted by molar-refractivity contribution is -0.177. The summed E-state index contributed by atoms with van der Waals surface area (Å²) in [5, 5.41) is 15.5. The van der Waals surface area contributed by atoms with Gasteiger partial charge in [-0.2, -0.15) is 0 Å². The number of halogens is 1. The van der Waals surface area contributed by atoms with E-state index >= 15 is 0 Å². The van der Waals surface area contributed by atoms with Crippen LogP contribution in [0.4, 0.5) is 5.69 Å².